The van der Waals surface area contributed by atoms with Crippen LogP contribution >= 0.6 is 23.2 Å². The van der Waals surface area contributed by atoms with Crippen LogP contribution in [0.25, 0.3) is 0 Å². The molecule has 1 amide bonds. The number of aliphatic hydroxyl groups is 1. The molecule has 0 saturated heterocycles. The lowest BCUT2D eigenvalue weighted by Crippen LogP contribution is -2.35. The molecule has 5 nitrogen and oxygen atoms in total. The fourth-order valence-corrected chi connectivity index (χ4v) is 2.85. The van der Waals surface area contributed by atoms with Gasteiger partial charge in [0.2, 0.25) is 0 Å². The van der Waals surface area contributed by atoms with Crippen molar-refractivity contribution in [1.82, 2.24) is 5.32 Å². The number of hydrogen-bond donors (Lipinski definition) is 2. The Balaban J connectivity index is 1.89. The number of methoxy groups -OCH3 is 1. The molecule has 0 aliphatic carbocycles. The third-order valence-corrected chi connectivity index (χ3v) is 4.13. The molecule has 28 heavy (non-hydrogen) atoms. The molecule has 0 radical (unpaired) electrons. The van der Waals surface area contributed by atoms with E-state index >= 15 is 0 Å². The minimum absolute atomic E-state index is 0.0473. The second-order valence-corrected chi connectivity index (χ2v) is 6.49. The number of benzene rings is 2. The van der Waals surface area contributed by atoms with Gasteiger partial charge in [-0.15, -0.1) is 0 Å². The van der Waals surface area contributed by atoms with E-state index in [2.05, 4.69) is 5.32 Å². The average molecular weight is 438 g/mol. The van der Waals surface area contributed by atoms with Gasteiger partial charge in [0.1, 0.15) is 18.5 Å². The Hall–Kier alpha value is -2.16. The van der Waals surface area contributed by atoms with Gasteiger partial charge in [-0.05, 0) is 30.3 Å². The van der Waals surface area contributed by atoms with Crippen molar-refractivity contribution in [2.24, 2.45) is 0 Å². The topological polar surface area (TPSA) is 67.8 Å². The summed E-state index contributed by atoms with van der Waals surface area (Å²) >= 11 is 11.9. The number of carbonyl (C=O) groups is 1. The van der Waals surface area contributed by atoms with Gasteiger partial charge in [0.15, 0.2) is 5.75 Å². The standard InChI is InChI=1S/C18H16Cl2F3NO4/c1-27-16-14(19)5-10(6-15(16)20)17(26)24-8-12(25)9-28-13-4-2-3-11(7-13)18(21,22)23/h2-7,12,25H,8-9H2,1H3,(H,24,26). The number of amides is 1. The molecule has 152 valence electrons. The Labute approximate surface area is 169 Å². The van der Waals surface area contributed by atoms with Gasteiger partial charge in [-0.2, -0.15) is 13.2 Å². The first-order chi connectivity index (χ1) is 13.1. The highest BCUT2D eigenvalue weighted by Gasteiger charge is 2.30. The van der Waals surface area contributed by atoms with Crippen LogP contribution in [0.2, 0.25) is 10.0 Å². The first kappa shape index (κ1) is 22.1. The van der Waals surface area contributed by atoms with E-state index in [1.165, 1.54) is 31.4 Å². The molecule has 2 rings (SSSR count). The van der Waals surface area contributed by atoms with Gasteiger partial charge in [0.05, 0.1) is 22.7 Å². The van der Waals surface area contributed by atoms with Gasteiger partial charge >= 0.3 is 6.18 Å². The third-order valence-electron chi connectivity index (χ3n) is 3.57. The molecule has 0 heterocycles. The van der Waals surface area contributed by atoms with Gasteiger partial charge in [-0.3, -0.25) is 4.79 Å². The van der Waals surface area contributed by atoms with Crippen molar-refractivity contribution in [3.63, 3.8) is 0 Å². The summed E-state index contributed by atoms with van der Waals surface area (Å²) in [5.74, 6) is -0.368. The fourth-order valence-electron chi connectivity index (χ4n) is 2.21. The molecular weight excluding hydrogens is 422 g/mol. The molecule has 0 bridgehead atoms. The van der Waals surface area contributed by atoms with Crippen LogP contribution in [0.4, 0.5) is 13.2 Å². The molecular formula is C18H16Cl2F3NO4. The molecule has 1 unspecified atom stereocenters. The van der Waals surface area contributed by atoms with E-state index in [9.17, 15) is 23.1 Å². The summed E-state index contributed by atoms with van der Waals surface area (Å²) in [6.07, 6.45) is -5.64. The number of nitrogens with one attached hydrogen (secondary N) is 1. The first-order valence-corrected chi connectivity index (χ1v) is 8.66. The lowest BCUT2D eigenvalue weighted by atomic mass is 10.2. The van der Waals surface area contributed by atoms with Crippen LogP contribution in [0.3, 0.4) is 0 Å². The maximum Gasteiger partial charge on any atom is 0.416 e. The Morgan fingerprint density at radius 3 is 2.43 bits per heavy atom. The molecule has 0 spiro atoms. The van der Waals surface area contributed by atoms with Crippen LogP contribution in [-0.2, 0) is 6.18 Å². The molecule has 0 aliphatic heterocycles. The number of carbonyl (C=O) groups excluding carboxylic acids is 1. The minimum Gasteiger partial charge on any atom is -0.494 e. The summed E-state index contributed by atoms with van der Waals surface area (Å²) < 4.78 is 48.1. The van der Waals surface area contributed by atoms with Crippen molar-refractivity contribution in [1.29, 1.82) is 0 Å². The zero-order chi connectivity index (χ0) is 20.9. The number of halogens is 5. The van der Waals surface area contributed by atoms with E-state index in [1.807, 2.05) is 0 Å². The largest absolute Gasteiger partial charge is 0.494 e. The fraction of sp³-hybridized carbons (Fsp3) is 0.278. The number of ether oxygens (including phenoxy) is 2. The molecule has 2 aromatic carbocycles. The van der Waals surface area contributed by atoms with E-state index in [1.54, 1.807) is 0 Å². The van der Waals surface area contributed by atoms with E-state index in [0.717, 1.165) is 12.1 Å². The second kappa shape index (κ2) is 9.36. The van der Waals surface area contributed by atoms with Gasteiger partial charge in [0, 0.05) is 12.1 Å². The normalized spacial score (nSPS) is 12.4. The number of rotatable bonds is 7. The van der Waals surface area contributed by atoms with Crippen molar-refractivity contribution < 1.29 is 32.5 Å². The molecule has 0 aromatic heterocycles. The Morgan fingerprint density at radius 1 is 1.21 bits per heavy atom. The van der Waals surface area contributed by atoms with Crippen molar-refractivity contribution >= 4 is 29.1 Å². The molecule has 0 aliphatic rings. The quantitative estimate of drug-likeness (QED) is 0.681. The van der Waals surface area contributed by atoms with E-state index in [-0.39, 0.29) is 40.3 Å². The highest BCUT2D eigenvalue weighted by atomic mass is 35.5. The average Bonchev–Trinajstić information content (AvgIpc) is 2.63. The van der Waals surface area contributed by atoms with Crippen LogP contribution < -0.4 is 14.8 Å². The van der Waals surface area contributed by atoms with Crippen LogP contribution in [0.1, 0.15) is 15.9 Å². The van der Waals surface area contributed by atoms with E-state index in [0.29, 0.717) is 0 Å². The zero-order valence-electron chi connectivity index (χ0n) is 14.5. The lowest BCUT2D eigenvalue weighted by molar-refractivity contribution is -0.137. The highest BCUT2D eigenvalue weighted by Crippen LogP contribution is 2.34. The zero-order valence-corrected chi connectivity index (χ0v) is 16.0. The van der Waals surface area contributed by atoms with Crippen molar-refractivity contribution in [2.45, 2.75) is 12.3 Å². The number of hydrogen-bond acceptors (Lipinski definition) is 4. The van der Waals surface area contributed by atoms with Gasteiger partial charge in [-0.25, -0.2) is 0 Å². The van der Waals surface area contributed by atoms with E-state index < -0.39 is 23.8 Å². The summed E-state index contributed by atoms with van der Waals surface area (Å²) in [6.45, 7) is -0.509. The lowest BCUT2D eigenvalue weighted by Gasteiger charge is -2.15. The first-order valence-electron chi connectivity index (χ1n) is 7.91. The summed E-state index contributed by atoms with van der Waals surface area (Å²) in [6, 6.07) is 6.98. The minimum atomic E-state index is -4.49. The Morgan fingerprint density at radius 2 is 1.86 bits per heavy atom. The Kier molecular flexibility index (Phi) is 7.40. The summed E-state index contributed by atoms with van der Waals surface area (Å²) in [5, 5.41) is 12.6. The second-order valence-electron chi connectivity index (χ2n) is 5.67. The molecule has 2 aromatic rings. The van der Waals surface area contributed by atoms with Crippen molar-refractivity contribution in [3.8, 4) is 11.5 Å². The van der Waals surface area contributed by atoms with Gasteiger partial charge in [-0.1, -0.05) is 29.3 Å². The molecule has 10 heteroatoms. The highest BCUT2D eigenvalue weighted by molar-refractivity contribution is 6.37. The molecule has 1 atom stereocenters. The summed E-state index contributed by atoms with van der Waals surface area (Å²) in [4.78, 5) is 12.1. The predicted molar refractivity (Wildman–Crippen MR) is 98.3 cm³/mol. The third kappa shape index (κ3) is 5.92. The SMILES string of the molecule is COc1c(Cl)cc(C(=O)NCC(O)COc2cccc(C(F)(F)F)c2)cc1Cl. The van der Waals surface area contributed by atoms with E-state index in [4.69, 9.17) is 32.7 Å². The van der Waals surface area contributed by atoms with Crippen molar-refractivity contribution in [2.75, 3.05) is 20.3 Å². The van der Waals surface area contributed by atoms with Crippen LogP contribution in [0.5, 0.6) is 11.5 Å². The molecule has 2 N–H and O–H groups in total. The number of alkyl halides is 3. The molecule has 0 fully saturated rings. The predicted octanol–water partition coefficient (Wildman–Crippen LogP) is 4.19. The monoisotopic (exact) mass is 437 g/mol. The van der Waals surface area contributed by atoms with Crippen molar-refractivity contribution in [3.05, 3.63) is 57.6 Å². The van der Waals surface area contributed by atoms with Crippen LogP contribution in [0.15, 0.2) is 36.4 Å². The summed E-state index contributed by atoms with van der Waals surface area (Å²) in [5.41, 5.74) is -0.706. The Bertz CT molecular complexity index is 823. The maximum atomic E-state index is 12.7. The smallest absolute Gasteiger partial charge is 0.416 e. The van der Waals surface area contributed by atoms with Gasteiger partial charge < -0.3 is 19.9 Å². The number of aliphatic hydroxyl groups excluding tert-OH is 1. The molecule has 0 saturated carbocycles. The van der Waals surface area contributed by atoms with Crippen LogP contribution in [-0.4, -0.2) is 37.4 Å². The maximum absolute atomic E-state index is 12.7. The van der Waals surface area contributed by atoms with Gasteiger partial charge in [0.25, 0.3) is 5.91 Å². The van der Waals surface area contributed by atoms with Crippen LogP contribution in [0, 0.1) is 0 Å². The summed E-state index contributed by atoms with van der Waals surface area (Å²) in [7, 11) is 1.38.